The van der Waals surface area contributed by atoms with Crippen LogP contribution in [0.25, 0.3) is 0 Å². The second-order valence-electron chi connectivity index (χ2n) is 7.57. The van der Waals surface area contributed by atoms with Crippen LogP contribution in [0.15, 0.2) is 52.8 Å². The van der Waals surface area contributed by atoms with Crippen molar-refractivity contribution in [1.29, 1.82) is 0 Å². The molecule has 0 unspecified atom stereocenters. The van der Waals surface area contributed by atoms with Crippen LogP contribution in [0.4, 0.5) is 0 Å². The second kappa shape index (κ2) is 12.6. The highest BCUT2D eigenvalue weighted by Gasteiger charge is 2.16. The molecule has 0 bridgehead atoms. The smallest absolute Gasteiger partial charge is 0.190 e. The lowest BCUT2D eigenvalue weighted by Crippen LogP contribution is -2.46. The second-order valence-corrected chi connectivity index (χ2v) is 8.60. The lowest BCUT2D eigenvalue weighted by atomic mass is 10.2. The van der Waals surface area contributed by atoms with Gasteiger partial charge >= 0.3 is 0 Å². The van der Waals surface area contributed by atoms with Crippen LogP contribution in [-0.2, 0) is 13.0 Å². The van der Waals surface area contributed by atoms with Crippen molar-refractivity contribution in [2.45, 2.75) is 25.8 Å². The minimum Gasteiger partial charge on any atom is -0.356 e. The van der Waals surface area contributed by atoms with Gasteiger partial charge in [-0.3, -0.25) is 9.89 Å². The summed E-state index contributed by atoms with van der Waals surface area (Å²) in [6.45, 7) is 8.91. The molecule has 2 N–H and O–H groups in total. The molecule has 1 saturated heterocycles. The first-order chi connectivity index (χ1) is 14.3. The van der Waals surface area contributed by atoms with E-state index >= 15 is 0 Å². The minimum atomic E-state index is 0.913. The fourth-order valence-corrected chi connectivity index (χ4v) is 4.37. The van der Waals surface area contributed by atoms with E-state index in [1.54, 1.807) is 0 Å². The molecule has 2 aromatic rings. The molecule has 0 atom stereocenters. The normalized spacial score (nSPS) is 16.1. The number of nitrogens with one attached hydrogen (secondary N) is 2. The van der Waals surface area contributed by atoms with Crippen LogP contribution in [0.2, 0.25) is 0 Å². The van der Waals surface area contributed by atoms with Gasteiger partial charge in [0.25, 0.3) is 0 Å². The summed E-state index contributed by atoms with van der Waals surface area (Å²) < 4.78 is 0. The van der Waals surface area contributed by atoms with Crippen LogP contribution in [-0.4, -0.2) is 68.6 Å². The van der Waals surface area contributed by atoms with E-state index in [0.717, 1.165) is 32.0 Å². The Morgan fingerprint density at radius 3 is 2.41 bits per heavy atom. The molecule has 29 heavy (non-hydrogen) atoms. The number of hydrogen-bond donors (Lipinski definition) is 2. The van der Waals surface area contributed by atoms with Gasteiger partial charge in [-0.1, -0.05) is 36.4 Å². The van der Waals surface area contributed by atoms with Crippen LogP contribution in [0.1, 0.15) is 23.3 Å². The van der Waals surface area contributed by atoms with E-state index in [2.05, 4.69) is 73.3 Å². The molecule has 0 amide bonds. The number of aliphatic imine (C=N–C) groups is 1. The molecule has 0 saturated carbocycles. The molecule has 0 radical (unpaired) electrons. The Balaban J connectivity index is 1.21. The number of piperazine rings is 1. The van der Waals surface area contributed by atoms with Crippen molar-refractivity contribution in [2.24, 2.45) is 4.99 Å². The number of rotatable bonds is 10. The molecule has 0 aliphatic carbocycles. The molecule has 3 rings (SSSR count). The Bertz CT molecular complexity index is 693. The first-order valence-electron chi connectivity index (χ1n) is 10.8. The maximum atomic E-state index is 4.32. The highest BCUT2D eigenvalue weighted by molar-refractivity contribution is 7.09. The lowest BCUT2D eigenvalue weighted by molar-refractivity contribution is 0.126. The van der Waals surface area contributed by atoms with Gasteiger partial charge in [-0.15, -0.1) is 11.3 Å². The zero-order chi connectivity index (χ0) is 20.2. The summed E-state index contributed by atoms with van der Waals surface area (Å²) in [6, 6.07) is 15.1. The quantitative estimate of drug-likeness (QED) is 0.357. The van der Waals surface area contributed by atoms with Gasteiger partial charge in [-0.2, -0.15) is 0 Å². The number of unbranched alkanes of at least 4 members (excludes halogenated alkanes) is 1. The van der Waals surface area contributed by atoms with Crippen LogP contribution in [0.5, 0.6) is 0 Å². The number of hydrogen-bond acceptors (Lipinski definition) is 4. The topological polar surface area (TPSA) is 42.9 Å². The van der Waals surface area contributed by atoms with Crippen molar-refractivity contribution in [2.75, 3.05) is 52.9 Å². The Kier molecular flexibility index (Phi) is 9.50. The lowest BCUT2D eigenvalue weighted by Gasteiger charge is -2.34. The van der Waals surface area contributed by atoms with Crippen molar-refractivity contribution < 1.29 is 0 Å². The standard InChI is InChI=1S/C23H35N5S/c1-24-23(26-13-11-22-10-7-19-29-22)25-12-5-6-14-27-15-17-28(18-16-27)20-21-8-3-2-4-9-21/h2-4,7-10,19H,5-6,11-18,20H2,1H3,(H2,24,25,26). The summed E-state index contributed by atoms with van der Waals surface area (Å²) in [4.78, 5) is 10.9. The molecule has 1 aromatic carbocycles. The Morgan fingerprint density at radius 1 is 0.931 bits per heavy atom. The summed E-state index contributed by atoms with van der Waals surface area (Å²) in [5, 5.41) is 8.97. The van der Waals surface area contributed by atoms with Crippen LogP contribution in [0, 0.1) is 0 Å². The van der Waals surface area contributed by atoms with Gasteiger partial charge in [0.1, 0.15) is 0 Å². The van der Waals surface area contributed by atoms with Crippen LogP contribution < -0.4 is 10.6 Å². The van der Waals surface area contributed by atoms with E-state index < -0.39 is 0 Å². The molecule has 0 spiro atoms. The van der Waals surface area contributed by atoms with Crippen LogP contribution >= 0.6 is 11.3 Å². The summed E-state index contributed by atoms with van der Waals surface area (Å²) in [6.07, 6.45) is 3.46. The van der Waals surface area contributed by atoms with E-state index in [1.165, 1.54) is 56.0 Å². The predicted molar refractivity (Wildman–Crippen MR) is 125 cm³/mol. The maximum Gasteiger partial charge on any atom is 0.190 e. The molecule has 1 aliphatic heterocycles. The van der Waals surface area contributed by atoms with E-state index in [9.17, 15) is 0 Å². The Hall–Kier alpha value is -1.89. The van der Waals surface area contributed by atoms with E-state index in [4.69, 9.17) is 0 Å². The van der Waals surface area contributed by atoms with Crippen LogP contribution in [0.3, 0.4) is 0 Å². The van der Waals surface area contributed by atoms with Gasteiger partial charge < -0.3 is 15.5 Å². The van der Waals surface area contributed by atoms with Gasteiger partial charge in [-0.25, -0.2) is 0 Å². The summed E-state index contributed by atoms with van der Waals surface area (Å²) in [5.41, 5.74) is 1.42. The maximum absolute atomic E-state index is 4.32. The zero-order valence-electron chi connectivity index (χ0n) is 17.6. The SMILES string of the molecule is CN=C(NCCCCN1CCN(Cc2ccccc2)CC1)NCCc1cccs1. The molecule has 5 nitrogen and oxygen atoms in total. The molecule has 2 heterocycles. The average Bonchev–Trinajstić information content (AvgIpc) is 3.28. The van der Waals surface area contributed by atoms with Crippen molar-refractivity contribution in [1.82, 2.24) is 20.4 Å². The van der Waals surface area contributed by atoms with E-state index in [0.29, 0.717) is 0 Å². The van der Waals surface area contributed by atoms with Gasteiger partial charge in [-0.05, 0) is 42.8 Å². The fraction of sp³-hybridized carbons (Fsp3) is 0.522. The Labute approximate surface area is 179 Å². The third-order valence-electron chi connectivity index (χ3n) is 5.38. The third kappa shape index (κ3) is 8.17. The summed E-state index contributed by atoms with van der Waals surface area (Å²) in [5.74, 6) is 0.913. The highest BCUT2D eigenvalue weighted by atomic mass is 32.1. The molecule has 1 aliphatic rings. The average molecular weight is 414 g/mol. The van der Waals surface area contributed by atoms with Gasteiger partial charge in [0.2, 0.25) is 0 Å². The predicted octanol–water partition coefficient (Wildman–Crippen LogP) is 3.05. The van der Waals surface area contributed by atoms with Crippen molar-refractivity contribution >= 4 is 17.3 Å². The van der Waals surface area contributed by atoms with Gasteiger partial charge in [0.15, 0.2) is 5.96 Å². The van der Waals surface area contributed by atoms with Crippen molar-refractivity contribution in [3.8, 4) is 0 Å². The molecular weight excluding hydrogens is 378 g/mol. The third-order valence-corrected chi connectivity index (χ3v) is 6.31. The molecular formula is C23H35N5S. The minimum absolute atomic E-state index is 0.913. The Morgan fingerprint density at radius 2 is 1.69 bits per heavy atom. The number of guanidine groups is 1. The molecule has 1 aromatic heterocycles. The van der Waals surface area contributed by atoms with Gasteiger partial charge in [0.05, 0.1) is 0 Å². The molecule has 158 valence electrons. The first-order valence-corrected chi connectivity index (χ1v) is 11.7. The van der Waals surface area contributed by atoms with Crippen molar-refractivity contribution in [3.05, 3.63) is 58.3 Å². The molecule has 6 heteroatoms. The number of thiophene rings is 1. The summed E-state index contributed by atoms with van der Waals surface area (Å²) in [7, 11) is 1.84. The number of nitrogens with zero attached hydrogens (tertiary/aromatic N) is 3. The number of benzene rings is 1. The van der Waals surface area contributed by atoms with Crippen molar-refractivity contribution in [3.63, 3.8) is 0 Å². The fourth-order valence-electron chi connectivity index (χ4n) is 3.66. The van der Waals surface area contributed by atoms with E-state index in [-0.39, 0.29) is 0 Å². The first kappa shape index (κ1) is 21.8. The summed E-state index contributed by atoms with van der Waals surface area (Å²) >= 11 is 1.81. The zero-order valence-corrected chi connectivity index (χ0v) is 18.5. The van der Waals surface area contributed by atoms with Gasteiger partial charge in [0, 0.05) is 57.7 Å². The van der Waals surface area contributed by atoms with E-state index in [1.807, 2.05) is 18.4 Å². The largest absolute Gasteiger partial charge is 0.356 e. The highest BCUT2D eigenvalue weighted by Crippen LogP contribution is 2.09. The molecule has 1 fully saturated rings. The monoisotopic (exact) mass is 413 g/mol.